The Morgan fingerprint density at radius 1 is 0.628 bits per heavy atom. The summed E-state index contributed by atoms with van der Waals surface area (Å²) in [4.78, 5) is 23.8. The van der Waals surface area contributed by atoms with Crippen molar-refractivity contribution < 1.29 is 74.1 Å². The van der Waals surface area contributed by atoms with Gasteiger partial charge >= 0.3 is 0 Å². The second kappa shape index (κ2) is 14.7. The summed E-state index contributed by atoms with van der Waals surface area (Å²) in [6.45, 7) is 5.66. The van der Waals surface area contributed by atoms with Gasteiger partial charge in [0, 0.05) is 13.8 Å². The zero-order valence-electron chi connectivity index (χ0n) is 24.7. The lowest BCUT2D eigenvalue weighted by molar-refractivity contribution is -0.364. The van der Waals surface area contributed by atoms with Crippen molar-refractivity contribution in [1.29, 1.82) is 0 Å². The van der Waals surface area contributed by atoms with Crippen LogP contribution in [0, 0.1) is 5.41 Å². The summed E-state index contributed by atoms with van der Waals surface area (Å²) in [5.74, 6) is -1.11. The summed E-state index contributed by atoms with van der Waals surface area (Å²) < 4.78 is 28.9. The minimum Gasteiger partial charge on any atom is -0.394 e. The van der Waals surface area contributed by atoms with Gasteiger partial charge in [0.2, 0.25) is 11.8 Å². The topological polar surface area (TPSA) is 266 Å². The number of aliphatic hydroxyl groups excluding tert-OH is 8. The highest BCUT2D eigenvalue weighted by Crippen LogP contribution is 2.36. The first-order valence-electron chi connectivity index (χ1n) is 14.1. The fourth-order valence-electron chi connectivity index (χ4n) is 5.63. The minimum absolute atomic E-state index is 0.469. The third kappa shape index (κ3) is 7.99. The third-order valence-corrected chi connectivity index (χ3v) is 7.78. The van der Waals surface area contributed by atoms with Crippen LogP contribution in [0.25, 0.3) is 0 Å². The maximum Gasteiger partial charge on any atom is 0.217 e. The maximum atomic E-state index is 12.0. The van der Waals surface area contributed by atoms with E-state index in [1.807, 2.05) is 20.8 Å². The Balaban J connectivity index is 1.89. The average Bonchev–Trinajstić information content (AvgIpc) is 2.92. The van der Waals surface area contributed by atoms with E-state index >= 15 is 0 Å². The van der Waals surface area contributed by atoms with E-state index in [0.29, 0.717) is 0 Å². The molecule has 15 unspecified atom stereocenters. The number of carbonyl (C=O) groups excluding carboxylic acids is 2. The fourth-order valence-corrected chi connectivity index (χ4v) is 5.63. The van der Waals surface area contributed by atoms with E-state index in [0.717, 1.165) is 6.92 Å². The quantitative estimate of drug-likeness (QED) is 0.115. The van der Waals surface area contributed by atoms with Gasteiger partial charge in [-0.1, -0.05) is 20.8 Å². The predicted molar refractivity (Wildman–Crippen MR) is 142 cm³/mol. The van der Waals surface area contributed by atoms with Crippen LogP contribution in [-0.4, -0.2) is 164 Å². The van der Waals surface area contributed by atoms with Crippen LogP contribution in [0.2, 0.25) is 0 Å². The van der Waals surface area contributed by atoms with Crippen molar-refractivity contribution >= 4 is 11.8 Å². The number of aliphatic hydroxyl groups is 8. The van der Waals surface area contributed by atoms with Gasteiger partial charge in [-0.25, -0.2) is 0 Å². The highest BCUT2D eigenvalue weighted by molar-refractivity contribution is 5.73. The van der Waals surface area contributed by atoms with Crippen LogP contribution >= 0.6 is 0 Å². The summed E-state index contributed by atoms with van der Waals surface area (Å²) in [7, 11) is 0. The number of hydrogen-bond acceptors (Lipinski definition) is 15. The van der Waals surface area contributed by atoms with Crippen molar-refractivity contribution in [3.63, 3.8) is 0 Å². The molecule has 17 nitrogen and oxygen atoms in total. The van der Waals surface area contributed by atoms with Crippen LogP contribution in [0.5, 0.6) is 0 Å². The molecule has 0 aromatic carbocycles. The molecule has 3 fully saturated rings. The van der Waals surface area contributed by atoms with Crippen LogP contribution in [0.1, 0.15) is 34.6 Å². The van der Waals surface area contributed by atoms with E-state index in [1.165, 1.54) is 6.92 Å². The van der Waals surface area contributed by atoms with Gasteiger partial charge in [0.1, 0.15) is 67.1 Å². The molecule has 0 bridgehead atoms. The molecule has 0 aromatic rings. The average molecular weight is 627 g/mol. The van der Waals surface area contributed by atoms with Crippen molar-refractivity contribution in [2.24, 2.45) is 5.41 Å². The van der Waals surface area contributed by atoms with Crippen LogP contribution in [0.4, 0.5) is 0 Å². The predicted octanol–water partition coefficient (Wildman–Crippen LogP) is -5.19. The lowest BCUT2D eigenvalue weighted by Gasteiger charge is -2.51. The highest BCUT2D eigenvalue weighted by atomic mass is 16.7. The Morgan fingerprint density at radius 2 is 1.12 bits per heavy atom. The lowest BCUT2D eigenvalue weighted by Crippen LogP contribution is -2.70. The van der Waals surface area contributed by atoms with E-state index in [4.69, 9.17) is 23.7 Å². The van der Waals surface area contributed by atoms with E-state index in [1.54, 1.807) is 0 Å². The molecule has 15 atom stereocenters. The van der Waals surface area contributed by atoms with Gasteiger partial charge in [0.25, 0.3) is 0 Å². The monoisotopic (exact) mass is 626 g/mol. The Morgan fingerprint density at radius 3 is 1.63 bits per heavy atom. The van der Waals surface area contributed by atoms with Gasteiger partial charge in [-0.3, -0.25) is 9.59 Å². The second-order valence-electron chi connectivity index (χ2n) is 12.2. The summed E-state index contributed by atoms with van der Waals surface area (Å²) in [5, 5.41) is 88.9. The van der Waals surface area contributed by atoms with E-state index in [-0.39, 0.29) is 0 Å². The normalized spacial score (nSPS) is 44.1. The lowest BCUT2D eigenvalue weighted by atomic mass is 9.78. The molecular formula is C26H46N2O15. The molecule has 3 aliphatic heterocycles. The molecule has 0 spiro atoms. The first-order valence-corrected chi connectivity index (χ1v) is 14.1. The van der Waals surface area contributed by atoms with Gasteiger partial charge in [-0.15, -0.1) is 0 Å². The van der Waals surface area contributed by atoms with Gasteiger partial charge < -0.3 is 75.2 Å². The van der Waals surface area contributed by atoms with E-state index < -0.39 is 129 Å². The second-order valence-corrected chi connectivity index (χ2v) is 12.2. The third-order valence-electron chi connectivity index (χ3n) is 7.78. The summed E-state index contributed by atoms with van der Waals surface area (Å²) >= 11 is 0. The van der Waals surface area contributed by atoms with Crippen molar-refractivity contribution in [2.45, 2.75) is 126 Å². The molecular weight excluding hydrogens is 580 g/mol. The van der Waals surface area contributed by atoms with Crippen LogP contribution in [-0.2, 0) is 33.3 Å². The first kappa shape index (κ1) is 35.9. The Labute approximate surface area is 248 Å². The molecule has 3 saturated heterocycles. The Hall–Kier alpha value is -1.58. The summed E-state index contributed by atoms with van der Waals surface area (Å²) in [5.41, 5.74) is -0.604. The zero-order valence-corrected chi connectivity index (χ0v) is 24.7. The zero-order chi connectivity index (χ0) is 32.4. The fraction of sp³-hybridized carbons (Fsp3) is 0.923. The van der Waals surface area contributed by atoms with Gasteiger partial charge in [0.05, 0.1) is 32.0 Å². The van der Waals surface area contributed by atoms with Crippen LogP contribution in [0.3, 0.4) is 0 Å². The molecule has 0 aliphatic carbocycles. The Bertz CT molecular complexity index is 937. The number of hydrogen-bond donors (Lipinski definition) is 10. The van der Waals surface area contributed by atoms with Crippen molar-refractivity contribution in [3.8, 4) is 0 Å². The van der Waals surface area contributed by atoms with E-state index in [9.17, 15) is 50.4 Å². The number of amides is 2. The SMILES string of the molecule is CC(=O)NC1C(OC2C(O)C(CO)OC(OC3C(CO)OC(C(C)(C)C)C(NC(C)=O)C3O)C2O)OC(CO)C(O)C1O. The van der Waals surface area contributed by atoms with Gasteiger partial charge in [0.15, 0.2) is 12.6 Å². The Kier molecular flexibility index (Phi) is 12.3. The summed E-state index contributed by atoms with van der Waals surface area (Å²) in [6, 6.07) is -2.42. The maximum absolute atomic E-state index is 12.0. The first-order chi connectivity index (χ1) is 20.0. The van der Waals surface area contributed by atoms with Crippen LogP contribution < -0.4 is 10.6 Å². The van der Waals surface area contributed by atoms with Gasteiger partial charge in [-0.2, -0.15) is 0 Å². The van der Waals surface area contributed by atoms with Crippen molar-refractivity contribution in [1.82, 2.24) is 10.6 Å². The number of rotatable bonds is 9. The van der Waals surface area contributed by atoms with Gasteiger partial charge in [-0.05, 0) is 5.41 Å². The van der Waals surface area contributed by atoms with Crippen molar-refractivity contribution in [2.75, 3.05) is 19.8 Å². The van der Waals surface area contributed by atoms with Crippen molar-refractivity contribution in [3.05, 3.63) is 0 Å². The molecule has 2 amide bonds. The highest BCUT2D eigenvalue weighted by Gasteiger charge is 2.55. The molecule has 43 heavy (non-hydrogen) atoms. The molecule has 10 N–H and O–H groups in total. The molecule has 3 heterocycles. The van der Waals surface area contributed by atoms with Crippen LogP contribution in [0.15, 0.2) is 0 Å². The largest absolute Gasteiger partial charge is 0.394 e. The molecule has 0 aromatic heterocycles. The molecule has 250 valence electrons. The smallest absolute Gasteiger partial charge is 0.217 e. The van der Waals surface area contributed by atoms with E-state index in [2.05, 4.69) is 10.6 Å². The molecule has 0 radical (unpaired) electrons. The standard InChI is InChI=1S/C26H46N2O15/c1-9(32)27-14-19(37)21(13(8-31)39-23(14)26(3,4)5)42-25-20(38)22(17(35)12(7-30)41-25)43-24-15(28-10(2)33)18(36)16(34)11(6-29)40-24/h11-25,29-31,34-38H,6-8H2,1-5H3,(H,27,32)(H,28,33). The molecule has 3 aliphatic rings. The molecule has 0 saturated carbocycles. The number of carbonyl (C=O) groups is 2. The molecule has 3 rings (SSSR count). The minimum atomic E-state index is -1.87. The number of ether oxygens (including phenoxy) is 5. The molecule has 17 heteroatoms. The number of nitrogens with one attached hydrogen (secondary N) is 2. The summed E-state index contributed by atoms with van der Waals surface area (Å²) in [6.07, 6.45) is -19.5.